The number of anilines is 3. The summed E-state index contributed by atoms with van der Waals surface area (Å²) in [5.41, 5.74) is 9.35. The minimum atomic E-state index is -0.0759. The van der Waals surface area contributed by atoms with E-state index < -0.39 is 0 Å². The van der Waals surface area contributed by atoms with Gasteiger partial charge in [-0.15, -0.1) is 29.7 Å². The van der Waals surface area contributed by atoms with Gasteiger partial charge in [-0.25, -0.2) is 14.1 Å². The van der Waals surface area contributed by atoms with Gasteiger partial charge in [0, 0.05) is 56.3 Å². The molecule has 0 spiro atoms. The van der Waals surface area contributed by atoms with Crippen molar-refractivity contribution in [2.75, 3.05) is 4.90 Å². The van der Waals surface area contributed by atoms with Crippen LogP contribution in [0, 0.1) is 19.1 Å². The number of aromatic nitrogens is 4. The Morgan fingerprint density at radius 1 is 0.681 bits per heavy atom. The summed E-state index contributed by atoms with van der Waals surface area (Å²) >= 11 is 0. The fraction of sp³-hybridized carbons (Fsp3) is 0.122. The van der Waals surface area contributed by atoms with Crippen LogP contribution in [-0.4, -0.2) is 18.7 Å². The Morgan fingerprint density at radius 3 is 2.15 bits per heavy atom. The van der Waals surface area contributed by atoms with E-state index in [-0.39, 0.29) is 26.6 Å². The van der Waals surface area contributed by atoms with Crippen LogP contribution in [0.4, 0.5) is 17.1 Å². The molecule has 47 heavy (non-hydrogen) atoms. The van der Waals surface area contributed by atoms with Gasteiger partial charge < -0.3 is 9.47 Å². The molecule has 0 aliphatic rings. The molecule has 0 unspecified atom stereocenters. The number of nitrogens with zero attached hydrogens (tertiary/aromatic N) is 5. The number of pyridine rings is 1. The molecule has 3 aromatic heterocycles. The first-order chi connectivity index (χ1) is 22.4. The summed E-state index contributed by atoms with van der Waals surface area (Å²) in [4.78, 5) is 7.02. The molecular formula is C41H34N5Pt-. The molecule has 0 fully saturated rings. The van der Waals surface area contributed by atoms with Crippen molar-refractivity contribution in [3.63, 3.8) is 0 Å². The van der Waals surface area contributed by atoms with E-state index in [4.69, 9.17) is 4.98 Å². The standard InChI is InChI=1S/C41H34N5.Pt/c1-29-23-24-42-40(25-29)46-36-18-9-8-17-34(36)35-22-21-33(27-39(35)46)45(30-13-6-5-7-14-30)32-16-12-15-31(26-32)43-28-44(41(2,3)4)38-20-11-10-19-37(38)43;/h5-25,28H,1-4H3;/q-1;. The van der Waals surface area contributed by atoms with Crippen LogP contribution >= 0.6 is 0 Å². The van der Waals surface area contributed by atoms with E-state index in [9.17, 15) is 0 Å². The van der Waals surface area contributed by atoms with E-state index in [0.717, 1.165) is 56.1 Å². The zero-order valence-electron chi connectivity index (χ0n) is 26.8. The molecule has 6 heteroatoms. The van der Waals surface area contributed by atoms with Gasteiger partial charge in [-0.05, 0) is 81.1 Å². The summed E-state index contributed by atoms with van der Waals surface area (Å²) in [6.07, 6.45) is 4.07. The summed E-state index contributed by atoms with van der Waals surface area (Å²) in [5.74, 6) is 0.881. The van der Waals surface area contributed by atoms with Crippen molar-refractivity contribution >= 4 is 49.9 Å². The molecule has 3 heterocycles. The fourth-order valence-electron chi connectivity index (χ4n) is 6.43. The summed E-state index contributed by atoms with van der Waals surface area (Å²) in [7, 11) is 0. The Hall–Kier alpha value is -4.99. The average Bonchev–Trinajstić information content (AvgIpc) is 3.62. The zero-order valence-corrected chi connectivity index (χ0v) is 29.0. The summed E-state index contributed by atoms with van der Waals surface area (Å²) in [6, 6.07) is 50.0. The van der Waals surface area contributed by atoms with Gasteiger partial charge in [0.05, 0.1) is 5.54 Å². The monoisotopic (exact) mass is 791 g/mol. The predicted octanol–water partition coefficient (Wildman–Crippen LogP) is 10.3. The molecule has 5 aromatic carbocycles. The second-order valence-electron chi connectivity index (χ2n) is 12.8. The van der Waals surface area contributed by atoms with E-state index in [2.05, 4.69) is 174 Å². The number of para-hydroxylation sites is 4. The number of hydrogen-bond donors (Lipinski definition) is 0. The molecule has 0 aliphatic carbocycles. The molecule has 0 atom stereocenters. The van der Waals surface area contributed by atoms with E-state index >= 15 is 0 Å². The van der Waals surface area contributed by atoms with E-state index in [1.54, 1.807) is 0 Å². The molecule has 0 saturated heterocycles. The van der Waals surface area contributed by atoms with Crippen LogP contribution in [0.3, 0.4) is 0 Å². The fourth-order valence-corrected chi connectivity index (χ4v) is 6.43. The van der Waals surface area contributed by atoms with Gasteiger partial charge in [-0.3, -0.25) is 0 Å². The van der Waals surface area contributed by atoms with Crippen molar-refractivity contribution in [1.82, 2.24) is 18.7 Å². The minimum absolute atomic E-state index is 0. The predicted molar refractivity (Wildman–Crippen MR) is 190 cm³/mol. The first-order valence-electron chi connectivity index (χ1n) is 15.7. The van der Waals surface area contributed by atoms with Crippen LogP contribution in [0.25, 0.3) is 44.3 Å². The molecular weight excluding hydrogens is 758 g/mol. The maximum absolute atomic E-state index is 4.78. The molecule has 0 bridgehead atoms. The Labute approximate surface area is 289 Å². The minimum Gasteiger partial charge on any atom is -0.358 e. The summed E-state index contributed by atoms with van der Waals surface area (Å²) in [6.45, 7) is 8.81. The number of hydrogen-bond acceptors (Lipinski definition) is 2. The Balaban J connectivity index is 0.00000351. The zero-order chi connectivity index (χ0) is 31.4. The molecule has 0 N–H and O–H groups in total. The van der Waals surface area contributed by atoms with Gasteiger partial charge in [0.15, 0.2) is 17.4 Å². The summed E-state index contributed by atoms with van der Waals surface area (Å²) < 4.78 is 6.79. The molecule has 0 saturated carbocycles. The molecule has 0 amide bonds. The molecule has 8 aromatic rings. The van der Waals surface area contributed by atoms with Crippen LogP contribution < -0.4 is 4.90 Å². The van der Waals surface area contributed by atoms with Gasteiger partial charge in [0.25, 0.3) is 0 Å². The van der Waals surface area contributed by atoms with Crippen molar-refractivity contribution in [1.29, 1.82) is 0 Å². The Bertz CT molecular complexity index is 2380. The number of aryl methyl sites for hydroxylation is 1. The maximum Gasteiger partial charge on any atom is 0.188 e. The van der Waals surface area contributed by atoms with Crippen molar-refractivity contribution in [3.05, 3.63) is 152 Å². The maximum atomic E-state index is 4.78. The van der Waals surface area contributed by atoms with Crippen LogP contribution in [0.1, 0.15) is 26.3 Å². The van der Waals surface area contributed by atoms with Crippen LogP contribution in [0.15, 0.2) is 134 Å². The summed E-state index contributed by atoms with van der Waals surface area (Å²) in [5, 5.41) is 2.31. The smallest absolute Gasteiger partial charge is 0.188 e. The van der Waals surface area contributed by atoms with E-state index in [0.29, 0.717) is 0 Å². The van der Waals surface area contributed by atoms with Crippen LogP contribution in [0.2, 0.25) is 0 Å². The molecule has 5 nitrogen and oxygen atoms in total. The molecule has 0 radical (unpaired) electrons. The van der Waals surface area contributed by atoms with Gasteiger partial charge in [0.1, 0.15) is 5.82 Å². The van der Waals surface area contributed by atoms with Crippen molar-refractivity contribution in [2.45, 2.75) is 33.2 Å². The second-order valence-corrected chi connectivity index (χ2v) is 12.8. The van der Waals surface area contributed by atoms with Gasteiger partial charge >= 0.3 is 0 Å². The second kappa shape index (κ2) is 12.0. The Kier molecular flexibility index (Phi) is 7.82. The number of benzene rings is 5. The third-order valence-electron chi connectivity index (χ3n) is 8.57. The topological polar surface area (TPSA) is 30.9 Å². The van der Waals surface area contributed by atoms with Gasteiger partial charge in [-0.2, -0.15) is 12.1 Å². The first kappa shape index (κ1) is 30.7. The molecule has 0 aliphatic heterocycles. The number of fused-ring (bicyclic) bond motifs is 4. The molecule has 234 valence electrons. The largest absolute Gasteiger partial charge is 0.358 e. The van der Waals surface area contributed by atoms with Crippen molar-refractivity contribution < 1.29 is 21.1 Å². The van der Waals surface area contributed by atoms with Crippen molar-refractivity contribution in [2.24, 2.45) is 0 Å². The third kappa shape index (κ3) is 5.35. The normalized spacial score (nSPS) is 11.7. The quantitative estimate of drug-likeness (QED) is 0.163. The SMILES string of the molecule is Cc1ccnc(-n2c3[c-]c(N(c4[c-]c(-n5[cH+]n(C(C)(C)C)c6ccccc65)ccc4)c4ccccc4)ccc3c3ccccc32)c1.[Pt]. The number of imidazole rings is 1. The van der Waals surface area contributed by atoms with Crippen molar-refractivity contribution in [3.8, 4) is 11.5 Å². The first-order valence-corrected chi connectivity index (χ1v) is 15.7. The Morgan fingerprint density at radius 2 is 1.38 bits per heavy atom. The third-order valence-corrected chi connectivity index (χ3v) is 8.57. The average molecular weight is 792 g/mol. The van der Waals surface area contributed by atoms with Gasteiger partial charge in [-0.1, -0.05) is 59.4 Å². The van der Waals surface area contributed by atoms with Crippen LogP contribution in [-0.2, 0) is 26.6 Å². The molecule has 8 rings (SSSR count). The van der Waals surface area contributed by atoms with Gasteiger partial charge in [0.2, 0.25) is 0 Å². The van der Waals surface area contributed by atoms with E-state index in [1.807, 2.05) is 18.3 Å². The van der Waals surface area contributed by atoms with Crippen LogP contribution in [0.5, 0.6) is 0 Å². The van der Waals surface area contributed by atoms with E-state index in [1.165, 1.54) is 10.9 Å². The number of rotatable bonds is 5.